The standard InChI is InChI=1S/C9H10F2N2O2/c1-4-5(2-7(14)15)6(12)3-13-8(4)9(10)11/h3,9H,2,12H2,1H3,(H,14,15). The van der Waals surface area contributed by atoms with Crippen LogP contribution in [-0.2, 0) is 11.2 Å². The number of nitrogens with two attached hydrogens (primary N) is 1. The summed E-state index contributed by atoms with van der Waals surface area (Å²) in [5, 5.41) is 8.58. The third kappa shape index (κ3) is 2.39. The molecule has 0 amide bonds. The van der Waals surface area contributed by atoms with Crippen molar-refractivity contribution in [3.63, 3.8) is 0 Å². The van der Waals surface area contributed by atoms with Gasteiger partial charge in [0.1, 0.15) is 5.69 Å². The number of carboxylic acids is 1. The van der Waals surface area contributed by atoms with Gasteiger partial charge in [0.25, 0.3) is 6.43 Å². The van der Waals surface area contributed by atoms with E-state index in [1.807, 2.05) is 0 Å². The van der Waals surface area contributed by atoms with Crippen molar-refractivity contribution < 1.29 is 18.7 Å². The normalized spacial score (nSPS) is 10.7. The molecule has 0 radical (unpaired) electrons. The molecule has 0 atom stereocenters. The average molecular weight is 216 g/mol. The van der Waals surface area contributed by atoms with Gasteiger partial charge in [-0.05, 0) is 18.1 Å². The van der Waals surface area contributed by atoms with Crippen molar-refractivity contribution >= 4 is 11.7 Å². The lowest BCUT2D eigenvalue weighted by Gasteiger charge is -2.10. The first-order valence-corrected chi connectivity index (χ1v) is 4.17. The van der Waals surface area contributed by atoms with Gasteiger partial charge in [0, 0.05) is 0 Å². The quantitative estimate of drug-likeness (QED) is 0.803. The highest BCUT2D eigenvalue weighted by molar-refractivity contribution is 5.73. The second-order valence-electron chi connectivity index (χ2n) is 3.07. The molecule has 0 fully saturated rings. The molecule has 6 heteroatoms. The Kier molecular flexibility index (Phi) is 3.18. The van der Waals surface area contributed by atoms with E-state index in [9.17, 15) is 13.6 Å². The minimum atomic E-state index is -2.72. The molecule has 0 saturated carbocycles. The Bertz CT molecular complexity index is 394. The van der Waals surface area contributed by atoms with Gasteiger partial charge in [-0.15, -0.1) is 0 Å². The fourth-order valence-electron chi connectivity index (χ4n) is 1.29. The smallest absolute Gasteiger partial charge is 0.307 e. The Labute approximate surface area is 84.7 Å². The van der Waals surface area contributed by atoms with E-state index < -0.39 is 18.1 Å². The molecular formula is C9H10F2N2O2. The predicted octanol–water partition coefficient (Wildman–Crippen LogP) is 1.54. The second-order valence-corrected chi connectivity index (χ2v) is 3.07. The number of hydrogen-bond donors (Lipinski definition) is 2. The van der Waals surface area contributed by atoms with Crippen LogP contribution in [0.25, 0.3) is 0 Å². The van der Waals surface area contributed by atoms with Crippen LogP contribution in [0.4, 0.5) is 14.5 Å². The van der Waals surface area contributed by atoms with Crippen LogP contribution in [0.1, 0.15) is 23.2 Å². The first kappa shape index (κ1) is 11.4. The van der Waals surface area contributed by atoms with Crippen molar-refractivity contribution in [3.8, 4) is 0 Å². The van der Waals surface area contributed by atoms with E-state index in [1.165, 1.54) is 6.92 Å². The molecule has 0 bridgehead atoms. The number of nitrogens with zero attached hydrogens (tertiary/aromatic N) is 1. The van der Waals surface area contributed by atoms with Crippen LogP contribution >= 0.6 is 0 Å². The molecule has 1 heterocycles. The van der Waals surface area contributed by atoms with Crippen LogP contribution in [0.2, 0.25) is 0 Å². The summed E-state index contributed by atoms with van der Waals surface area (Å²) in [4.78, 5) is 14.0. The van der Waals surface area contributed by atoms with E-state index in [1.54, 1.807) is 0 Å². The number of pyridine rings is 1. The summed E-state index contributed by atoms with van der Waals surface area (Å²) < 4.78 is 24.9. The third-order valence-corrected chi connectivity index (χ3v) is 2.06. The van der Waals surface area contributed by atoms with E-state index in [-0.39, 0.29) is 23.2 Å². The number of aromatic nitrogens is 1. The zero-order chi connectivity index (χ0) is 11.6. The van der Waals surface area contributed by atoms with Gasteiger partial charge < -0.3 is 10.8 Å². The molecule has 1 aromatic rings. The average Bonchev–Trinajstić information content (AvgIpc) is 2.11. The number of rotatable bonds is 3. The van der Waals surface area contributed by atoms with Gasteiger partial charge in [0.15, 0.2) is 0 Å². The number of anilines is 1. The van der Waals surface area contributed by atoms with Crippen LogP contribution in [0.15, 0.2) is 6.20 Å². The monoisotopic (exact) mass is 216 g/mol. The minimum Gasteiger partial charge on any atom is -0.481 e. The van der Waals surface area contributed by atoms with Crippen molar-refractivity contribution in [2.75, 3.05) is 5.73 Å². The maximum Gasteiger partial charge on any atom is 0.307 e. The summed E-state index contributed by atoms with van der Waals surface area (Å²) >= 11 is 0. The van der Waals surface area contributed by atoms with Gasteiger partial charge in [-0.1, -0.05) is 0 Å². The van der Waals surface area contributed by atoms with Crippen molar-refractivity contribution in [1.29, 1.82) is 0 Å². The van der Waals surface area contributed by atoms with Crippen molar-refractivity contribution in [3.05, 3.63) is 23.0 Å². The number of carbonyl (C=O) groups is 1. The Balaban J connectivity index is 3.23. The summed E-state index contributed by atoms with van der Waals surface area (Å²) in [6.07, 6.45) is -2.04. The van der Waals surface area contributed by atoms with Gasteiger partial charge in [-0.3, -0.25) is 9.78 Å². The number of carboxylic acid groups (broad SMARTS) is 1. The highest BCUT2D eigenvalue weighted by Gasteiger charge is 2.18. The van der Waals surface area contributed by atoms with Gasteiger partial charge >= 0.3 is 5.97 Å². The number of nitrogen functional groups attached to an aromatic ring is 1. The summed E-state index contributed by atoms with van der Waals surface area (Å²) in [7, 11) is 0. The van der Waals surface area contributed by atoms with Crippen molar-refractivity contribution in [1.82, 2.24) is 4.98 Å². The zero-order valence-corrected chi connectivity index (χ0v) is 8.00. The molecule has 1 rings (SSSR count). The van der Waals surface area contributed by atoms with Crippen molar-refractivity contribution in [2.24, 2.45) is 0 Å². The van der Waals surface area contributed by atoms with Gasteiger partial charge in [0.05, 0.1) is 18.3 Å². The second kappa shape index (κ2) is 4.20. The molecule has 0 saturated heterocycles. The molecule has 0 unspecified atom stereocenters. The molecule has 3 N–H and O–H groups in total. The lowest BCUT2D eigenvalue weighted by atomic mass is 10.0. The Morgan fingerprint density at radius 2 is 2.27 bits per heavy atom. The lowest BCUT2D eigenvalue weighted by Crippen LogP contribution is -2.09. The van der Waals surface area contributed by atoms with Gasteiger partial charge in [0.2, 0.25) is 0 Å². The number of hydrogen-bond acceptors (Lipinski definition) is 3. The number of halogens is 2. The summed E-state index contributed by atoms with van der Waals surface area (Å²) in [5.74, 6) is -1.11. The topological polar surface area (TPSA) is 76.2 Å². The molecule has 0 aliphatic carbocycles. The number of aliphatic carboxylic acids is 1. The highest BCUT2D eigenvalue weighted by atomic mass is 19.3. The van der Waals surface area contributed by atoms with Crippen LogP contribution in [0.3, 0.4) is 0 Å². The summed E-state index contributed by atoms with van der Waals surface area (Å²) in [5.41, 5.74) is 5.52. The third-order valence-electron chi connectivity index (χ3n) is 2.06. The molecule has 0 aliphatic rings. The molecule has 4 nitrogen and oxygen atoms in total. The first-order chi connectivity index (χ1) is 6.93. The molecule has 82 valence electrons. The first-order valence-electron chi connectivity index (χ1n) is 4.17. The maximum absolute atomic E-state index is 12.4. The van der Waals surface area contributed by atoms with Gasteiger partial charge in [-0.25, -0.2) is 8.78 Å². The lowest BCUT2D eigenvalue weighted by molar-refractivity contribution is -0.136. The van der Waals surface area contributed by atoms with Crippen LogP contribution < -0.4 is 5.73 Å². The minimum absolute atomic E-state index is 0.124. The highest BCUT2D eigenvalue weighted by Crippen LogP contribution is 2.26. The largest absolute Gasteiger partial charge is 0.481 e. The SMILES string of the molecule is Cc1c(C(F)F)ncc(N)c1CC(=O)O. The molecule has 0 aromatic carbocycles. The Morgan fingerprint density at radius 1 is 1.67 bits per heavy atom. The molecular weight excluding hydrogens is 206 g/mol. The van der Waals surface area contributed by atoms with E-state index in [4.69, 9.17) is 10.8 Å². The van der Waals surface area contributed by atoms with E-state index >= 15 is 0 Å². The van der Waals surface area contributed by atoms with E-state index in [2.05, 4.69) is 4.98 Å². The zero-order valence-electron chi connectivity index (χ0n) is 8.00. The fraction of sp³-hybridized carbons (Fsp3) is 0.333. The van der Waals surface area contributed by atoms with Crippen LogP contribution in [0.5, 0.6) is 0 Å². The van der Waals surface area contributed by atoms with E-state index in [0.29, 0.717) is 0 Å². The summed E-state index contributed by atoms with van der Waals surface area (Å²) in [6, 6.07) is 0. The molecule has 0 spiro atoms. The van der Waals surface area contributed by atoms with Crippen LogP contribution in [-0.4, -0.2) is 16.1 Å². The fourth-order valence-corrected chi connectivity index (χ4v) is 1.29. The maximum atomic E-state index is 12.4. The van der Waals surface area contributed by atoms with Crippen LogP contribution in [0, 0.1) is 6.92 Å². The van der Waals surface area contributed by atoms with E-state index in [0.717, 1.165) is 6.20 Å². The summed E-state index contributed by atoms with van der Waals surface area (Å²) in [6.45, 7) is 1.39. The van der Waals surface area contributed by atoms with Gasteiger partial charge in [-0.2, -0.15) is 0 Å². The van der Waals surface area contributed by atoms with Crippen molar-refractivity contribution in [2.45, 2.75) is 19.8 Å². The molecule has 1 aromatic heterocycles. The molecule has 15 heavy (non-hydrogen) atoms. The number of alkyl halides is 2. The Morgan fingerprint density at radius 3 is 2.73 bits per heavy atom. The molecule has 0 aliphatic heterocycles. The Hall–Kier alpha value is -1.72. The predicted molar refractivity (Wildman–Crippen MR) is 49.7 cm³/mol.